The minimum absolute atomic E-state index is 0.118. The summed E-state index contributed by atoms with van der Waals surface area (Å²) in [6.45, 7) is 2.35. The normalized spacial score (nSPS) is 10.3. The molecule has 0 fully saturated rings. The third-order valence-electron chi connectivity index (χ3n) is 2.33. The van der Waals surface area contributed by atoms with Crippen molar-refractivity contribution in [2.24, 2.45) is 0 Å². The summed E-state index contributed by atoms with van der Waals surface area (Å²) >= 11 is 1.40. The highest BCUT2D eigenvalue weighted by atomic mass is 32.1. The average Bonchev–Trinajstić information content (AvgIpc) is 2.81. The van der Waals surface area contributed by atoms with Crippen LogP contribution in [0.15, 0.2) is 24.5 Å². The second-order valence-corrected chi connectivity index (χ2v) is 4.69. The zero-order chi connectivity index (χ0) is 13.0. The van der Waals surface area contributed by atoms with Gasteiger partial charge in [0.15, 0.2) is 5.00 Å². The van der Waals surface area contributed by atoms with Crippen LogP contribution in [-0.4, -0.2) is 14.9 Å². The van der Waals surface area contributed by atoms with Crippen molar-refractivity contribution in [3.8, 4) is 0 Å². The smallest absolute Gasteiger partial charge is 0.303 e. The van der Waals surface area contributed by atoms with E-state index >= 15 is 0 Å². The number of aryl methyl sites for hydroxylation is 1. The number of thiophene rings is 1. The van der Waals surface area contributed by atoms with Gasteiger partial charge in [-0.05, 0) is 12.5 Å². The maximum absolute atomic E-state index is 10.9. The first-order valence-electron chi connectivity index (χ1n) is 5.47. The predicted octanol–water partition coefficient (Wildman–Crippen LogP) is 2.62. The van der Waals surface area contributed by atoms with Crippen LogP contribution >= 0.6 is 11.3 Å². The average molecular weight is 264 g/mol. The van der Waals surface area contributed by atoms with E-state index in [0.29, 0.717) is 17.4 Å². The molecule has 2 aromatic rings. The van der Waals surface area contributed by atoms with Crippen molar-refractivity contribution in [3.63, 3.8) is 0 Å². The van der Waals surface area contributed by atoms with Crippen molar-refractivity contribution < 1.29 is 4.92 Å². The molecule has 2 heterocycles. The van der Waals surface area contributed by atoms with Gasteiger partial charge in [0.2, 0.25) is 0 Å². The monoisotopic (exact) mass is 264 g/mol. The maximum Gasteiger partial charge on any atom is 0.303 e. The van der Waals surface area contributed by atoms with Crippen molar-refractivity contribution in [3.05, 3.63) is 45.3 Å². The molecule has 6 nitrogen and oxygen atoms in total. The largest absolute Gasteiger partial charge is 0.364 e. The number of rotatable bonds is 5. The third-order valence-corrected chi connectivity index (χ3v) is 3.56. The molecule has 0 aliphatic heterocycles. The number of nitrogens with one attached hydrogen (secondary N) is 1. The summed E-state index contributed by atoms with van der Waals surface area (Å²) in [5, 5.41) is 14.5. The molecular formula is C11H12N4O2S. The van der Waals surface area contributed by atoms with Gasteiger partial charge in [-0.1, -0.05) is 6.92 Å². The Hall–Kier alpha value is -2.02. The Morgan fingerprint density at radius 1 is 1.44 bits per heavy atom. The molecule has 0 saturated heterocycles. The Bertz CT molecular complexity index is 541. The quantitative estimate of drug-likeness (QED) is 0.663. The number of nitrogens with zero attached hydrogens (tertiary/aromatic N) is 3. The standard InChI is InChI=1S/C11H12N4O2S/c1-2-8-6-9(15(16)17)11(18-8)14-7-10-12-4-3-5-13-10/h3-6,14H,2,7H2,1H3. The fourth-order valence-electron chi connectivity index (χ4n) is 1.45. The Kier molecular flexibility index (Phi) is 3.83. The molecule has 0 radical (unpaired) electrons. The van der Waals surface area contributed by atoms with Crippen LogP contribution in [0.25, 0.3) is 0 Å². The van der Waals surface area contributed by atoms with Gasteiger partial charge >= 0.3 is 5.69 Å². The Morgan fingerprint density at radius 3 is 2.78 bits per heavy atom. The lowest BCUT2D eigenvalue weighted by Gasteiger charge is -2.01. The molecule has 7 heteroatoms. The molecule has 94 valence electrons. The Morgan fingerprint density at radius 2 is 2.17 bits per heavy atom. The first-order valence-corrected chi connectivity index (χ1v) is 6.29. The molecule has 2 aromatic heterocycles. The van der Waals surface area contributed by atoms with Gasteiger partial charge in [-0.3, -0.25) is 10.1 Å². The molecular weight excluding hydrogens is 252 g/mol. The van der Waals surface area contributed by atoms with Gasteiger partial charge in [-0.25, -0.2) is 9.97 Å². The second kappa shape index (κ2) is 5.54. The molecule has 0 unspecified atom stereocenters. The van der Waals surface area contributed by atoms with Gasteiger partial charge in [-0.15, -0.1) is 11.3 Å². The van der Waals surface area contributed by atoms with Crippen LogP contribution in [-0.2, 0) is 13.0 Å². The SMILES string of the molecule is CCc1cc([N+](=O)[O-])c(NCc2ncccn2)s1. The lowest BCUT2D eigenvalue weighted by molar-refractivity contribution is -0.383. The summed E-state index contributed by atoms with van der Waals surface area (Å²) in [6.07, 6.45) is 4.07. The van der Waals surface area contributed by atoms with Crippen molar-refractivity contribution in [1.82, 2.24) is 9.97 Å². The summed E-state index contributed by atoms with van der Waals surface area (Å²) in [7, 11) is 0. The number of anilines is 1. The first-order chi connectivity index (χ1) is 8.70. The molecule has 2 rings (SSSR count). The van der Waals surface area contributed by atoms with Gasteiger partial charge in [-0.2, -0.15) is 0 Å². The van der Waals surface area contributed by atoms with Crippen LogP contribution in [0.2, 0.25) is 0 Å². The summed E-state index contributed by atoms with van der Waals surface area (Å²) in [5.74, 6) is 0.609. The lowest BCUT2D eigenvalue weighted by atomic mass is 10.3. The maximum atomic E-state index is 10.9. The summed E-state index contributed by atoms with van der Waals surface area (Å²) in [6, 6.07) is 3.34. The predicted molar refractivity (Wildman–Crippen MR) is 69.7 cm³/mol. The zero-order valence-corrected chi connectivity index (χ0v) is 10.6. The van der Waals surface area contributed by atoms with Crippen LogP contribution in [0, 0.1) is 10.1 Å². The van der Waals surface area contributed by atoms with E-state index in [1.165, 1.54) is 11.3 Å². The molecule has 0 aromatic carbocycles. The van der Waals surface area contributed by atoms with Gasteiger partial charge < -0.3 is 5.32 Å². The van der Waals surface area contributed by atoms with Crippen molar-refractivity contribution >= 4 is 22.0 Å². The number of nitro groups is 1. The van der Waals surface area contributed by atoms with Gasteiger partial charge in [0.05, 0.1) is 11.5 Å². The van der Waals surface area contributed by atoms with Crippen LogP contribution in [0.5, 0.6) is 0 Å². The molecule has 0 spiro atoms. The highest BCUT2D eigenvalue weighted by molar-refractivity contribution is 7.16. The molecule has 0 bridgehead atoms. The van der Waals surface area contributed by atoms with Gasteiger partial charge in [0.25, 0.3) is 0 Å². The third kappa shape index (κ3) is 2.80. The van der Waals surface area contributed by atoms with Crippen molar-refractivity contribution in [1.29, 1.82) is 0 Å². The summed E-state index contributed by atoms with van der Waals surface area (Å²) < 4.78 is 0. The minimum atomic E-state index is -0.371. The van der Waals surface area contributed by atoms with E-state index in [4.69, 9.17) is 0 Å². The highest BCUT2D eigenvalue weighted by Gasteiger charge is 2.18. The molecule has 1 N–H and O–H groups in total. The fraction of sp³-hybridized carbons (Fsp3) is 0.273. The molecule has 18 heavy (non-hydrogen) atoms. The molecule has 0 aliphatic carbocycles. The lowest BCUT2D eigenvalue weighted by Crippen LogP contribution is -2.03. The summed E-state index contributed by atoms with van der Waals surface area (Å²) in [5.41, 5.74) is 0.118. The van der Waals surface area contributed by atoms with E-state index in [2.05, 4.69) is 15.3 Å². The Balaban J connectivity index is 2.13. The first kappa shape index (κ1) is 12.4. The molecule has 0 aliphatic rings. The number of aromatic nitrogens is 2. The minimum Gasteiger partial charge on any atom is -0.364 e. The zero-order valence-electron chi connectivity index (χ0n) is 9.79. The van der Waals surface area contributed by atoms with E-state index in [9.17, 15) is 10.1 Å². The van der Waals surface area contributed by atoms with Gasteiger partial charge in [0, 0.05) is 23.3 Å². The topological polar surface area (TPSA) is 81.0 Å². The molecule has 0 atom stereocenters. The molecule has 0 saturated carbocycles. The van der Waals surface area contributed by atoms with Crippen LogP contribution < -0.4 is 5.32 Å². The fourth-order valence-corrected chi connectivity index (χ4v) is 2.41. The Labute approximate surface area is 108 Å². The number of hydrogen-bond acceptors (Lipinski definition) is 6. The molecule has 0 amide bonds. The van der Waals surface area contributed by atoms with Crippen LogP contribution in [0.4, 0.5) is 10.7 Å². The van der Waals surface area contributed by atoms with E-state index in [1.54, 1.807) is 24.5 Å². The van der Waals surface area contributed by atoms with E-state index < -0.39 is 0 Å². The van der Waals surface area contributed by atoms with E-state index in [0.717, 1.165) is 11.3 Å². The second-order valence-electron chi connectivity index (χ2n) is 3.56. The van der Waals surface area contributed by atoms with E-state index in [-0.39, 0.29) is 10.6 Å². The van der Waals surface area contributed by atoms with Crippen molar-refractivity contribution in [2.75, 3.05) is 5.32 Å². The van der Waals surface area contributed by atoms with Crippen LogP contribution in [0.1, 0.15) is 17.6 Å². The van der Waals surface area contributed by atoms with Gasteiger partial charge in [0.1, 0.15) is 5.82 Å². The van der Waals surface area contributed by atoms with Crippen LogP contribution in [0.3, 0.4) is 0 Å². The highest BCUT2D eigenvalue weighted by Crippen LogP contribution is 2.34. The van der Waals surface area contributed by atoms with E-state index in [1.807, 2.05) is 6.92 Å². The number of hydrogen-bond donors (Lipinski definition) is 1. The summed E-state index contributed by atoms with van der Waals surface area (Å²) in [4.78, 5) is 19.6. The van der Waals surface area contributed by atoms with Crippen molar-refractivity contribution in [2.45, 2.75) is 19.9 Å².